The Kier molecular flexibility index (Phi) is 6.00. The summed E-state index contributed by atoms with van der Waals surface area (Å²) in [5.74, 6) is -0.622. The summed E-state index contributed by atoms with van der Waals surface area (Å²) in [6.07, 6.45) is 1.83. The second kappa shape index (κ2) is 7.07. The summed E-state index contributed by atoms with van der Waals surface area (Å²) in [5, 5.41) is 2.90. The summed E-state index contributed by atoms with van der Waals surface area (Å²) in [6.45, 7) is 2.21. The van der Waals surface area contributed by atoms with E-state index in [1.54, 1.807) is 0 Å². The number of carbonyl (C=O) groups excluding carboxylic acids is 1. The van der Waals surface area contributed by atoms with Crippen LogP contribution in [-0.2, 0) is 14.8 Å². The van der Waals surface area contributed by atoms with E-state index in [1.807, 2.05) is 0 Å². The number of methoxy groups -OCH3 is 1. The molecular weight excluding hydrogens is 308 g/mol. The Balaban J connectivity index is 0.00000200. The third-order valence-corrected chi connectivity index (χ3v) is 4.66. The lowest BCUT2D eigenvalue weighted by molar-refractivity contribution is 0.0600. The number of carbonyl (C=O) groups is 1. The van der Waals surface area contributed by atoms with Crippen LogP contribution in [0.4, 0.5) is 0 Å². The van der Waals surface area contributed by atoms with E-state index in [0.29, 0.717) is 19.6 Å². The first-order valence-corrected chi connectivity index (χ1v) is 7.37. The molecular formula is C11H17ClN2O5S. The first-order valence-electron chi connectivity index (χ1n) is 5.93. The third kappa shape index (κ3) is 3.51. The highest BCUT2D eigenvalue weighted by Gasteiger charge is 2.29. The van der Waals surface area contributed by atoms with Crippen molar-refractivity contribution < 1.29 is 22.4 Å². The van der Waals surface area contributed by atoms with E-state index in [0.717, 1.165) is 19.2 Å². The molecule has 1 aliphatic rings. The minimum Gasteiger partial charge on any atom is -0.465 e. The topological polar surface area (TPSA) is 88.8 Å². The van der Waals surface area contributed by atoms with Crippen molar-refractivity contribution in [1.82, 2.24) is 9.62 Å². The van der Waals surface area contributed by atoms with Crippen LogP contribution in [0.1, 0.15) is 16.8 Å². The molecule has 0 amide bonds. The van der Waals surface area contributed by atoms with Gasteiger partial charge in [0.2, 0.25) is 5.09 Å². The predicted molar refractivity (Wildman–Crippen MR) is 73.5 cm³/mol. The molecule has 1 fully saturated rings. The van der Waals surface area contributed by atoms with Gasteiger partial charge in [-0.3, -0.25) is 0 Å². The van der Waals surface area contributed by atoms with Crippen LogP contribution in [0.5, 0.6) is 0 Å². The van der Waals surface area contributed by atoms with Gasteiger partial charge in [-0.25, -0.2) is 13.2 Å². The summed E-state index contributed by atoms with van der Waals surface area (Å²) in [7, 11) is -2.46. The molecule has 0 saturated carbocycles. The molecule has 9 heteroatoms. The van der Waals surface area contributed by atoms with Gasteiger partial charge >= 0.3 is 5.97 Å². The van der Waals surface area contributed by atoms with E-state index in [1.165, 1.54) is 17.5 Å². The van der Waals surface area contributed by atoms with Gasteiger partial charge < -0.3 is 14.5 Å². The molecule has 0 unspecified atom stereocenters. The largest absolute Gasteiger partial charge is 0.465 e. The van der Waals surface area contributed by atoms with Gasteiger partial charge in [-0.1, -0.05) is 0 Å². The molecule has 2 rings (SSSR count). The minimum absolute atomic E-state index is 0. The number of rotatable bonds is 3. The molecule has 2 heterocycles. The predicted octanol–water partition coefficient (Wildman–Crippen LogP) is 0.472. The lowest BCUT2D eigenvalue weighted by atomic mass is 10.3. The van der Waals surface area contributed by atoms with Crippen molar-refractivity contribution in [3.05, 3.63) is 17.9 Å². The maximum atomic E-state index is 12.3. The minimum atomic E-state index is -3.69. The Morgan fingerprint density at radius 1 is 1.40 bits per heavy atom. The van der Waals surface area contributed by atoms with E-state index in [4.69, 9.17) is 4.42 Å². The summed E-state index contributed by atoms with van der Waals surface area (Å²) in [4.78, 5) is 11.3. The second-order valence-corrected chi connectivity index (χ2v) is 6.02. The molecule has 1 saturated heterocycles. The smallest absolute Gasteiger partial charge is 0.341 e. The number of hydrogen-bond acceptors (Lipinski definition) is 6. The van der Waals surface area contributed by atoms with Crippen LogP contribution in [0.3, 0.4) is 0 Å². The molecule has 0 bridgehead atoms. The number of hydrogen-bond donors (Lipinski definition) is 1. The van der Waals surface area contributed by atoms with Gasteiger partial charge in [-0.05, 0) is 13.0 Å². The zero-order valence-electron chi connectivity index (χ0n) is 11.0. The fraction of sp³-hybridized carbons (Fsp3) is 0.545. The van der Waals surface area contributed by atoms with E-state index < -0.39 is 16.0 Å². The summed E-state index contributed by atoms with van der Waals surface area (Å²) in [5.41, 5.74) is 0.0917. The maximum absolute atomic E-state index is 12.3. The third-order valence-electron chi connectivity index (χ3n) is 2.89. The highest BCUT2D eigenvalue weighted by molar-refractivity contribution is 7.89. The van der Waals surface area contributed by atoms with Crippen LogP contribution >= 0.6 is 12.4 Å². The second-order valence-electron chi connectivity index (χ2n) is 4.15. The summed E-state index contributed by atoms with van der Waals surface area (Å²) < 4.78 is 35.5. The van der Waals surface area contributed by atoms with Gasteiger partial charge in [0.1, 0.15) is 6.26 Å². The van der Waals surface area contributed by atoms with Crippen molar-refractivity contribution in [2.45, 2.75) is 11.5 Å². The Morgan fingerprint density at radius 3 is 2.85 bits per heavy atom. The van der Waals surface area contributed by atoms with Gasteiger partial charge in [0.05, 0.1) is 12.7 Å². The standard InChI is InChI=1S/C11H16N2O5S.ClH/c1-17-11(14)9-7-10(18-8-9)19(15,16)13-5-2-3-12-4-6-13;/h7-8,12H,2-6H2,1H3;1H. The highest BCUT2D eigenvalue weighted by Crippen LogP contribution is 2.19. The summed E-state index contributed by atoms with van der Waals surface area (Å²) >= 11 is 0. The molecule has 1 aromatic heterocycles. The molecule has 114 valence electrons. The number of halogens is 1. The van der Waals surface area contributed by atoms with Gasteiger partial charge in [-0.15, -0.1) is 12.4 Å². The zero-order chi connectivity index (χ0) is 13.9. The maximum Gasteiger partial charge on any atom is 0.341 e. The highest BCUT2D eigenvalue weighted by atomic mass is 35.5. The molecule has 1 aliphatic heterocycles. The Bertz CT molecular complexity index is 549. The number of furan rings is 1. The van der Waals surface area contributed by atoms with E-state index in [-0.39, 0.29) is 23.1 Å². The van der Waals surface area contributed by atoms with Crippen LogP contribution in [0.15, 0.2) is 21.8 Å². The molecule has 0 atom stereocenters. The van der Waals surface area contributed by atoms with Crippen molar-refractivity contribution >= 4 is 28.4 Å². The normalized spacial score (nSPS) is 17.1. The Labute approximate surface area is 123 Å². The van der Waals surface area contributed by atoms with Gasteiger partial charge in [0.25, 0.3) is 10.0 Å². The van der Waals surface area contributed by atoms with Crippen LogP contribution < -0.4 is 5.32 Å². The molecule has 0 aliphatic carbocycles. The van der Waals surface area contributed by atoms with Gasteiger partial charge in [-0.2, -0.15) is 4.31 Å². The molecule has 7 nitrogen and oxygen atoms in total. The van der Waals surface area contributed by atoms with Crippen LogP contribution in [0, 0.1) is 0 Å². The van der Waals surface area contributed by atoms with Crippen molar-refractivity contribution in [2.75, 3.05) is 33.3 Å². The van der Waals surface area contributed by atoms with E-state index >= 15 is 0 Å². The number of esters is 1. The van der Waals surface area contributed by atoms with Gasteiger partial charge in [0, 0.05) is 25.7 Å². The average molecular weight is 325 g/mol. The lowest BCUT2D eigenvalue weighted by Crippen LogP contribution is -2.34. The molecule has 1 N–H and O–H groups in total. The molecule has 0 spiro atoms. The van der Waals surface area contributed by atoms with Crippen molar-refractivity contribution in [1.29, 1.82) is 0 Å². The average Bonchev–Trinajstić information content (AvgIpc) is 2.74. The number of nitrogens with one attached hydrogen (secondary N) is 1. The first-order chi connectivity index (χ1) is 9.05. The quantitative estimate of drug-likeness (QED) is 0.813. The number of nitrogens with zero attached hydrogens (tertiary/aromatic N) is 1. The van der Waals surface area contributed by atoms with Crippen LogP contribution in [0.25, 0.3) is 0 Å². The van der Waals surface area contributed by atoms with E-state index in [2.05, 4.69) is 10.1 Å². The number of sulfonamides is 1. The molecule has 20 heavy (non-hydrogen) atoms. The van der Waals surface area contributed by atoms with Crippen molar-refractivity contribution in [3.63, 3.8) is 0 Å². The fourth-order valence-electron chi connectivity index (χ4n) is 1.87. The van der Waals surface area contributed by atoms with Crippen LogP contribution in [-0.4, -0.2) is 52.0 Å². The monoisotopic (exact) mass is 324 g/mol. The Morgan fingerprint density at radius 2 is 2.15 bits per heavy atom. The summed E-state index contributed by atoms with van der Waals surface area (Å²) in [6, 6.07) is 1.19. The Hall–Kier alpha value is -1.09. The molecule has 0 aromatic carbocycles. The first kappa shape index (κ1) is 17.0. The lowest BCUT2D eigenvalue weighted by Gasteiger charge is -2.17. The van der Waals surface area contributed by atoms with Crippen molar-refractivity contribution in [2.24, 2.45) is 0 Å². The van der Waals surface area contributed by atoms with E-state index in [9.17, 15) is 13.2 Å². The zero-order valence-corrected chi connectivity index (χ0v) is 12.6. The SMILES string of the molecule is COC(=O)c1coc(S(=O)(=O)N2CCCNCC2)c1.Cl. The van der Waals surface area contributed by atoms with Gasteiger partial charge in [0.15, 0.2) is 0 Å². The fourth-order valence-corrected chi connectivity index (χ4v) is 3.27. The van der Waals surface area contributed by atoms with Crippen LogP contribution in [0.2, 0.25) is 0 Å². The number of ether oxygens (including phenoxy) is 1. The molecule has 1 aromatic rings. The van der Waals surface area contributed by atoms with Crippen molar-refractivity contribution in [3.8, 4) is 0 Å². The molecule has 0 radical (unpaired) electrons.